The van der Waals surface area contributed by atoms with Crippen molar-refractivity contribution < 1.29 is 28.6 Å². The van der Waals surface area contributed by atoms with Crippen LogP contribution in [0.1, 0.15) is 177 Å². The van der Waals surface area contributed by atoms with Gasteiger partial charge in [-0.25, -0.2) is 29.9 Å². The number of likely N-dealkylation sites (tertiary alicyclic amines) is 3. The third kappa shape index (κ3) is 19.8. The average molecular weight is 1440 g/mol. The predicted octanol–water partition coefficient (Wildman–Crippen LogP) is 14.0. The first kappa shape index (κ1) is 75.9. The molecule has 3 saturated heterocycles. The average Bonchev–Trinajstić information content (AvgIpc) is 1.22. The summed E-state index contributed by atoms with van der Waals surface area (Å²) in [5, 5.41) is 22.2. The molecule has 1 unspecified atom stereocenters. The summed E-state index contributed by atoms with van der Waals surface area (Å²) < 4.78 is 22.7. The van der Waals surface area contributed by atoms with Crippen molar-refractivity contribution in [2.24, 2.45) is 21.1 Å². The van der Waals surface area contributed by atoms with Crippen LogP contribution in [0.3, 0.4) is 0 Å². The van der Waals surface area contributed by atoms with Gasteiger partial charge >= 0.3 is 0 Å². The summed E-state index contributed by atoms with van der Waals surface area (Å²) in [4.78, 5) is 72.0. The van der Waals surface area contributed by atoms with Crippen LogP contribution in [0, 0.1) is 0 Å². The Kier molecular flexibility index (Phi) is 25.1. The molecule has 24 heteroatoms. The molecule has 106 heavy (non-hydrogen) atoms. The van der Waals surface area contributed by atoms with E-state index in [2.05, 4.69) is 101 Å². The number of hydrogen-bond acceptors (Lipinski definition) is 18. The summed E-state index contributed by atoms with van der Waals surface area (Å²) in [6.45, 7) is 16.6. The zero-order chi connectivity index (χ0) is 73.1. The van der Waals surface area contributed by atoms with Crippen molar-refractivity contribution in [3.05, 3.63) is 162 Å². The maximum absolute atomic E-state index is 13.0. The molecule has 0 saturated carbocycles. The molecule has 0 bridgehead atoms. The molecule has 0 spiro atoms. The normalized spacial score (nSPS) is 18.0. The monoisotopic (exact) mass is 1440 g/mol. The maximum atomic E-state index is 13.0. The Morgan fingerprint density at radius 1 is 0.415 bits per heavy atom. The first-order chi connectivity index (χ1) is 50.8. The van der Waals surface area contributed by atoms with E-state index in [-0.39, 0.29) is 79.5 Å². The van der Waals surface area contributed by atoms with Gasteiger partial charge in [0.1, 0.15) is 0 Å². The summed E-state index contributed by atoms with van der Waals surface area (Å²) in [6.07, 6.45) is 32.3. The summed E-state index contributed by atoms with van der Waals surface area (Å²) in [6, 6.07) is 25.6. The molecule has 9 heterocycles. The Hall–Kier alpha value is -9.78. The number of anilines is 6. The molecule has 24 nitrogen and oxygen atoms in total. The minimum Gasteiger partial charge on any atom is -0.372 e. The highest BCUT2D eigenvalue weighted by molar-refractivity contribution is 5.80. The molecule has 3 atom stereocenters. The van der Waals surface area contributed by atoms with Gasteiger partial charge < -0.3 is 44.9 Å². The zero-order valence-electron chi connectivity index (χ0n) is 62.3. The number of aromatic nitrogens is 12. The van der Waals surface area contributed by atoms with Crippen LogP contribution in [-0.2, 0) is 69.0 Å². The molecular weight excluding hydrogens is 1330 g/mol. The van der Waals surface area contributed by atoms with Crippen LogP contribution in [-0.4, -0.2) is 168 Å². The molecule has 560 valence electrons. The third-order valence-corrected chi connectivity index (χ3v) is 20.5. The molecule has 3 aromatic carbocycles. The number of nitrogens with one attached hydrogen (secondary N) is 3. The molecular formula is C82H106N18O6. The zero-order valence-corrected chi connectivity index (χ0v) is 62.3. The molecule has 6 aromatic heterocycles. The first-order valence-electron chi connectivity index (χ1n) is 37.8. The number of amides is 3. The second-order valence-corrected chi connectivity index (χ2v) is 29.9. The highest BCUT2D eigenvalue weighted by atomic mass is 16.5. The Morgan fingerprint density at radius 2 is 0.698 bits per heavy atom. The van der Waals surface area contributed by atoms with Crippen LogP contribution in [0.15, 0.2) is 129 Å². The summed E-state index contributed by atoms with van der Waals surface area (Å²) in [7, 11) is 5.63. The van der Waals surface area contributed by atoms with Gasteiger partial charge in [0.2, 0.25) is 35.6 Å². The van der Waals surface area contributed by atoms with Crippen molar-refractivity contribution in [1.82, 2.24) is 73.9 Å². The maximum Gasteiger partial charge on any atom is 0.227 e. The summed E-state index contributed by atoms with van der Waals surface area (Å²) in [5.74, 6) is 3.19. The Bertz CT molecular complexity index is 3990. The van der Waals surface area contributed by atoms with Gasteiger partial charge in [0.25, 0.3) is 0 Å². The van der Waals surface area contributed by atoms with Crippen LogP contribution in [0.4, 0.5) is 34.9 Å². The van der Waals surface area contributed by atoms with Crippen LogP contribution in [0.5, 0.6) is 0 Å². The van der Waals surface area contributed by atoms with Gasteiger partial charge in [0.05, 0.1) is 89.4 Å². The second kappa shape index (κ2) is 35.1. The number of fused-ring (bicyclic) bond motifs is 3. The molecule has 0 radical (unpaired) electrons. The Labute approximate surface area is 623 Å². The van der Waals surface area contributed by atoms with E-state index in [0.717, 1.165) is 167 Å². The van der Waals surface area contributed by atoms with Gasteiger partial charge in [-0.05, 0) is 187 Å². The van der Waals surface area contributed by atoms with Crippen molar-refractivity contribution in [1.29, 1.82) is 0 Å². The Balaban J connectivity index is 0.000000148. The van der Waals surface area contributed by atoms with Gasteiger partial charge in [0, 0.05) is 134 Å². The molecule has 3 N–H and O–H groups in total. The fraction of sp³-hybridized carbons (Fsp3) is 0.488. The van der Waals surface area contributed by atoms with Crippen molar-refractivity contribution >= 4 is 52.6 Å². The fourth-order valence-electron chi connectivity index (χ4n) is 15.3. The lowest BCUT2D eigenvalue weighted by molar-refractivity contribution is -0.149. The van der Waals surface area contributed by atoms with Crippen LogP contribution in [0.2, 0.25) is 0 Å². The number of ether oxygens (including phenoxy) is 3. The summed E-state index contributed by atoms with van der Waals surface area (Å²) in [5.41, 5.74) is 16.4. The number of carbonyl (C=O) groups excluding carboxylic acids is 3. The van der Waals surface area contributed by atoms with E-state index in [1.165, 1.54) is 33.4 Å². The van der Waals surface area contributed by atoms with E-state index in [9.17, 15) is 14.4 Å². The Morgan fingerprint density at radius 3 is 0.953 bits per heavy atom. The van der Waals surface area contributed by atoms with Gasteiger partial charge in [-0.3, -0.25) is 28.4 Å². The third-order valence-electron chi connectivity index (χ3n) is 20.5. The van der Waals surface area contributed by atoms with Gasteiger partial charge in [-0.1, -0.05) is 63.1 Å². The molecule has 9 aromatic rings. The van der Waals surface area contributed by atoms with Crippen LogP contribution >= 0.6 is 0 Å². The van der Waals surface area contributed by atoms with Crippen molar-refractivity contribution in [2.75, 3.05) is 55.2 Å². The van der Waals surface area contributed by atoms with Crippen LogP contribution in [0.25, 0.3) is 33.8 Å². The molecule has 6 aliphatic rings. The van der Waals surface area contributed by atoms with E-state index < -0.39 is 0 Å². The van der Waals surface area contributed by atoms with Crippen molar-refractivity contribution in [3.63, 3.8) is 0 Å². The van der Waals surface area contributed by atoms with Crippen molar-refractivity contribution in [3.8, 4) is 33.8 Å². The predicted molar refractivity (Wildman–Crippen MR) is 413 cm³/mol. The second-order valence-electron chi connectivity index (χ2n) is 29.9. The number of rotatable bonds is 21. The lowest BCUT2D eigenvalue weighted by atomic mass is 9.88. The number of carbonyl (C=O) groups is 3. The lowest BCUT2D eigenvalue weighted by Crippen LogP contribution is -2.55. The summed E-state index contributed by atoms with van der Waals surface area (Å²) >= 11 is 0. The van der Waals surface area contributed by atoms with Gasteiger partial charge in [0.15, 0.2) is 0 Å². The fourth-order valence-corrected chi connectivity index (χ4v) is 15.3. The van der Waals surface area contributed by atoms with E-state index in [0.29, 0.717) is 37.1 Å². The quantitative estimate of drug-likeness (QED) is 0.0565. The van der Waals surface area contributed by atoms with Gasteiger partial charge in [-0.15, -0.1) is 0 Å². The molecule has 3 aliphatic carbocycles. The van der Waals surface area contributed by atoms with E-state index >= 15 is 0 Å². The number of benzene rings is 3. The van der Waals surface area contributed by atoms with Gasteiger partial charge in [-0.2, -0.15) is 15.3 Å². The first-order valence-corrected chi connectivity index (χ1v) is 37.8. The topological polar surface area (TPSA) is 256 Å². The highest BCUT2D eigenvalue weighted by Crippen LogP contribution is 2.40. The van der Waals surface area contributed by atoms with Crippen molar-refractivity contribution in [2.45, 2.75) is 200 Å². The smallest absolute Gasteiger partial charge is 0.227 e. The number of aryl methyl sites for hydroxylation is 6. The largest absolute Gasteiger partial charge is 0.372 e. The lowest BCUT2D eigenvalue weighted by Gasteiger charge is -2.40. The molecule has 3 fully saturated rings. The van der Waals surface area contributed by atoms with E-state index in [4.69, 9.17) is 29.2 Å². The molecule has 3 aliphatic heterocycles. The molecule has 3 amide bonds. The SMILES string of the molecule is C.CC(C)OC1CN(C(=O)CC2CCCCc3cc(-c4ccnc(Nc5cnn(C)c5)n4)ccc32)C1.CC(C)OC1CN(C(=O)C[C@@H]2CCCCc3cc(-c4ccnc(Nc5cnn(C)c5)n4)ccc32)C1.CC(C)OC1CN(C(=O)C[C@H]2CCCCc3cc(-c4ccnc(Nc5cnn(C)c5)n4)ccc32)C1. The van der Waals surface area contributed by atoms with Crippen LogP contribution < -0.4 is 16.0 Å². The minimum absolute atomic E-state index is 0. The highest BCUT2D eigenvalue weighted by Gasteiger charge is 2.37. The minimum atomic E-state index is 0. The standard InChI is InChI=1S/3C27H34N6O2.CH4/c3*1-18(2)35-23-16-33(17-23)26(34)13-20-7-5-4-6-19-12-21(8-9-24(19)20)25-10-11-28-27(31-25)30-22-14-29-32(3)15-22;/h3*8-12,14-15,18,20,23H,4-7,13,16-17H2,1-3H3,(H,28,30,31);1H4/t2*20-;;/m10../s1. The van der Waals surface area contributed by atoms with E-state index in [1.807, 2.05) is 114 Å². The van der Waals surface area contributed by atoms with E-state index in [1.54, 1.807) is 51.2 Å². The number of hydrogen-bond donors (Lipinski definition) is 3. The number of nitrogens with zero attached hydrogens (tertiary/aromatic N) is 15. The molecule has 15 rings (SSSR count).